The second-order valence-electron chi connectivity index (χ2n) is 6.26. The molecule has 1 N–H and O–H groups in total. The first kappa shape index (κ1) is 22.6. The first-order chi connectivity index (χ1) is 11.7. The lowest BCUT2D eigenvalue weighted by Crippen LogP contribution is -2.47. The first-order valence-electron chi connectivity index (χ1n) is 7.91. The summed E-state index contributed by atoms with van der Waals surface area (Å²) in [4.78, 5) is 14.5. The van der Waals surface area contributed by atoms with Crippen LogP contribution >= 0.6 is 35.6 Å². The fourth-order valence-corrected chi connectivity index (χ4v) is 2.84. The van der Waals surface area contributed by atoms with Crippen LogP contribution in [-0.4, -0.2) is 31.1 Å². The van der Waals surface area contributed by atoms with Gasteiger partial charge in [-0.15, -0.1) is 12.4 Å². The lowest BCUT2D eigenvalue weighted by atomic mass is 9.88. The molecule has 0 heterocycles. The fourth-order valence-electron chi connectivity index (χ4n) is 2.54. The molecule has 0 radical (unpaired) electrons. The van der Waals surface area contributed by atoms with Crippen LogP contribution in [0.4, 0.5) is 10.5 Å². The number of likely N-dealkylation sites (N-methyl/N-ethyl adjacent to an activating group) is 1. The smallest absolute Gasteiger partial charge is 0.412 e. The predicted octanol–water partition coefficient (Wildman–Crippen LogP) is 5.83. The van der Waals surface area contributed by atoms with Crippen LogP contribution in [0.3, 0.4) is 0 Å². The molecule has 2 rings (SSSR count). The van der Waals surface area contributed by atoms with E-state index in [2.05, 4.69) is 5.32 Å². The minimum Gasteiger partial charge on any atom is -0.436 e. The normalized spacial score (nSPS) is 14.1. The molecule has 7 heteroatoms. The molecule has 0 saturated carbocycles. The summed E-state index contributed by atoms with van der Waals surface area (Å²) in [6.07, 6.45) is -0.534. The van der Waals surface area contributed by atoms with Gasteiger partial charge in [-0.2, -0.15) is 0 Å². The van der Waals surface area contributed by atoms with E-state index in [9.17, 15) is 4.79 Å². The molecule has 0 aliphatic rings. The van der Waals surface area contributed by atoms with Crippen molar-refractivity contribution in [3.8, 4) is 0 Å². The Balaban J connectivity index is 0.00000338. The molecule has 1 amide bonds. The second-order valence-corrected chi connectivity index (χ2v) is 7.07. The third kappa shape index (κ3) is 5.27. The average molecular weight is 418 g/mol. The van der Waals surface area contributed by atoms with Crippen LogP contribution in [0.1, 0.15) is 19.4 Å². The third-order valence-electron chi connectivity index (χ3n) is 4.39. The zero-order valence-electron chi connectivity index (χ0n) is 15.1. The number of nitrogens with zero attached hydrogens (tertiary/aromatic N) is 1. The second kappa shape index (κ2) is 9.47. The van der Waals surface area contributed by atoms with Crippen LogP contribution in [0, 0.1) is 0 Å². The summed E-state index contributed by atoms with van der Waals surface area (Å²) in [5.41, 5.74) is 0.518. The molecule has 0 aliphatic heterocycles. The number of carbonyl (C=O) groups is 1. The summed E-state index contributed by atoms with van der Waals surface area (Å²) in [6.45, 7) is 3.85. The van der Waals surface area contributed by atoms with Gasteiger partial charge in [-0.1, -0.05) is 47.5 Å². The van der Waals surface area contributed by atoms with Gasteiger partial charge in [0, 0.05) is 5.69 Å². The molecule has 2 aromatic carbocycles. The number of para-hydroxylation sites is 1. The molecule has 26 heavy (non-hydrogen) atoms. The summed E-state index contributed by atoms with van der Waals surface area (Å²) in [6, 6.07) is 14.3. The maximum Gasteiger partial charge on any atom is 0.412 e. The Bertz CT molecular complexity index is 741. The van der Waals surface area contributed by atoms with Crippen molar-refractivity contribution >= 4 is 47.4 Å². The minimum absolute atomic E-state index is 0. The van der Waals surface area contributed by atoms with E-state index in [1.54, 1.807) is 24.3 Å². The zero-order valence-corrected chi connectivity index (χ0v) is 17.5. The topological polar surface area (TPSA) is 41.6 Å². The van der Waals surface area contributed by atoms with Gasteiger partial charge in [0.15, 0.2) is 5.60 Å². The van der Waals surface area contributed by atoms with Gasteiger partial charge in [0.1, 0.15) is 0 Å². The number of hydrogen-bond acceptors (Lipinski definition) is 3. The third-order valence-corrected chi connectivity index (χ3v) is 5.13. The van der Waals surface area contributed by atoms with Gasteiger partial charge in [-0.25, -0.2) is 4.79 Å². The van der Waals surface area contributed by atoms with Crippen molar-refractivity contribution in [1.29, 1.82) is 0 Å². The van der Waals surface area contributed by atoms with E-state index in [1.165, 1.54) is 0 Å². The van der Waals surface area contributed by atoms with E-state index >= 15 is 0 Å². The van der Waals surface area contributed by atoms with Crippen molar-refractivity contribution in [2.75, 3.05) is 19.4 Å². The van der Waals surface area contributed by atoms with Crippen LogP contribution in [0.2, 0.25) is 10.0 Å². The number of anilines is 1. The van der Waals surface area contributed by atoms with Crippen LogP contribution in [-0.2, 0) is 10.3 Å². The molecule has 0 spiro atoms. The van der Waals surface area contributed by atoms with Crippen molar-refractivity contribution in [1.82, 2.24) is 4.90 Å². The van der Waals surface area contributed by atoms with Gasteiger partial charge in [0.2, 0.25) is 0 Å². The first-order valence-corrected chi connectivity index (χ1v) is 8.66. The molecule has 0 fully saturated rings. The standard InChI is InChI=1S/C19H22Cl2N2O2.ClH/c1-13(23(3)4)19(2,14-10-11-16(20)17(21)12-14)25-18(24)22-15-8-6-5-7-9-15;/h5-13H,1-4H3,(H,22,24);1H. The van der Waals surface area contributed by atoms with Gasteiger partial charge in [-0.3, -0.25) is 5.32 Å². The van der Waals surface area contributed by atoms with Crippen molar-refractivity contribution in [3.05, 3.63) is 64.1 Å². The highest BCUT2D eigenvalue weighted by Gasteiger charge is 2.39. The zero-order chi connectivity index (χ0) is 18.6. The number of rotatable bonds is 5. The van der Waals surface area contributed by atoms with Crippen LogP contribution in [0.5, 0.6) is 0 Å². The Morgan fingerprint density at radius 2 is 1.73 bits per heavy atom. The molecule has 142 valence electrons. The number of ether oxygens (including phenoxy) is 1. The number of nitrogens with one attached hydrogen (secondary N) is 1. The van der Waals surface area contributed by atoms with Gasteiger partial charge in [-0.05, 0) is 57.8 Å². The largest absolute Gasteiger partial charge is 0.436 e. The molecule has 0 saturated heterocycles. The Kier molecular flexibility index (Phi) is 8.22. The summed E-state index contributed by atoms with van der Waals surface area (Å²) in [5, 5.41) is 3.63. The van der Waals surface area contributed by atoms with E-state index in [4.69, 9.17) is 27.9 Å². The van der Waals surface area contributed by atoms with Crippen molar-refractivity contribution in [2.45, 2.75) is 25.5 Å². The molecule has 2 unspecified atom stereocenters. The van der Waals surface area contributed by atoms with E-state index in [0.29, 0.717) is 15.7 Å². The van der Waals surface area contributed by atoms with Crippen molar-refractivity contribution < 1.29 is 9.53 Å². The highest BCUT2D eigenvalue weighted by atomic mass is 35.5. The molecular formula is C19H23Cl3N2O2. The Hall–Kier alpha value is -1.46. The molecular weight excluding hydrogens is 395 g/mol. The maximum absolute atomic E-state index is 12.5. The monoisotopic (exact) mass is 416 g/mol. The maximum atomic E-state index is 12.5. The highest BCUT2D eigenvalue weighted by molar-refractivity contribution is 6.42. The van der Waals surface area contributed by atoms with Gasteiger partial charge in [0.25, 0.3) is 0 Å². The summed E-state index contributed by atoms with van der Waals surface area (Å²) >= 11 is 12.2. The Labute approximate surface area is 170 Å². The highest BCUT2D eigenvalue weighted by Crippen LogP contribution is 2.35. The van der Waals surface area contributed by atoms with Gasteiger partial charge in [0.05, 0.1) is 16.1 Å². The number of benzene rings is 2. The number of carbonyl (C=O) groups excluding carboxylic acids is 1. The number of amides is 1. The molecule has 0 bridgehead atoms. The van der Waals surface area contributed by atoms with Gasteiger partial charge >= 0.3 is 6.09 Å². The minimum atomic E-state index is -0.920. The molecule has 0 aliphatic carbocycles. The van der Waals surface area contributed by atoms with Crippen molar-refractivity contribution in [3.63, 3.8) is 0 Å². The predicted molar refractivity (Wildman–Crippen MR) is 111 cm³/mol. The van der Waals surface area contributed by atoms with Gasteiger partial charge < -0.3 is 9.64 Å². The summed E-state index contributed by atoms with van der Waals surface area (Å²) < 4.78 is 5.85. The number of halogens is 3. The van der Waals surface area contributed by atoms with Crippen LogP contribution in [0.25, 0.3) is 0 Å². The molecule has 2 aromatic rings. The Morgan fingerprint density at radius 1 is 1.12 bits per heavy atom. The van der Waals surface area contributed by atoms with E-state index in [1.807, 2.05) is 57.1 Å². The molecule has 0 aromatic heterocycles. The lowest BCUT2D eigenvalue weighted by molar-refractivity contribution is -0.0252. The quantitative estimate of drug-likeness (QED) is 0.665. The van der Waals surface area contributed by atoms with Crippen molar-refractivity contribution in [2.24, 2.45) is 0 Å². The van der Waals surface area contributed by atoms with Crippen LogP contribution in [0.15, 0.2) is 48.5 Å². The van der Waals surface area contributed by atoms with Crippen LogP contribution < -0.4 is 5.32 Å². The summed E-state index contributed by atoms with van der Waals surface area (Å²) in [7, 11) is 3.86. The SMILES string of the molecule is CC(N(C)C)C(C)(OC(=O)Nc1ccccc1)c1ccc(Cl)c(Cl)c1.Cl. The Morgan fingerprint density at radius 3 is 2.27 bits per heavy atom. The summed E-state index contributed by atoms with van der Waals surface area (Å²) in [5.74, 6) is 0. The average Bonchev–Trinajstić information content (AvgIpc) is 2.57. The molecule has 2 atom stereocenters. The number of hydrogen-bond donors (Lipinski definition) is 1. The van der Waals surface area contributed by atoms with E-state index in [0.717, 1.165) is 5.56 Å². The fraction of sp³-hybridized carbons (Fsp3) is 0.316. The van der Waals surface area contributed by atoms with E-state index < -0.39 is 11.7 Å². The van der Waals surface area contributed by atoms with E-state index in [-0.39, 0.29) is 18.4 Å². The molecule has 4 nitrogen and oxygen atoms in total. The lowest BCUT2D eigenvalue weighted by Gasteiger charge is -2.39.